The highest BCUT2D eigenvalue weighted by atomic mass is 16.5. The summed E-state index contributed by atoms with van der Waals surface area (Å²) in [5.41, 5.74) is 7.97. The number of rotatable bonds is 6. The van der Waals surface area contributed by atoms with Crippen molar-refractivity contribution >= 4 is 11.7 Å². The molecule has 172 valence electrons. The molecule has 3 heterocycles. The Morgan fingerprint density at radius 2 is 1.94 bits per heavy atom. The molecule has 0 aliphatic carbocycles. The maximum atomic E-state index is 13.5. The summed E-state index contributed by atoms with van der Waals surface area (Å²) in [6.45, 7) is 5.47. The van der Waals surface area contributed by atoms with Gasteiger partial charge in [-0.25, -0.2) is 9.97 Å². The molecule has 2 aromatic heterocycles. The Balaban J connectivity index is 1.51. The van der Waals surface area contributed by atoms with E-state index >= 15 is 0 Å². The van der Waals surface area contributed by atoms with Gasteiger partial charge >= 0.3 is 0 Å². The number of likely N-dealkylation sites (tertiary alicyclic amines) is 1. The van der Waals surface area contributed by atoms with Crippen LogP contribution >= 0.6 is 0 Å². The van der Waals surface area contributed by atoms with Crippen LogP contribution in [0.1, 0.15) is 47.3 Å². The fourth-order valence-corrected chi connectivity index (χ4v) is 4.15. The van der Waals surface area contributed by atoms with E-state index in [1.165, 1.54) is 0 Å². The number of pyridine rings is 1. The first-order valence-corrected chi connectivity index (χ1v) is 11.0. The topological polar surface area (TPSA) is 103 Å². The highest BCUT2D eigenvalue weighted by molar-refractivity contribution is 5.98. The number of nitrogens with two attached hydrogens (primary N) is 1. The number of methoxy groups -OCH3 is 1. The number of anilines is 1. The van der Waals surface area contributed by atoms with Crippen molar-refractivity contribution in [3.05, 3.63) is 71.4 Å². The maximum absolute atomic E-state index is 13.5. The normalized spacial score (nSPS) is 15.2. The van der Waals surface area contributed by atoms with Crippen molar-refractivity contribution in [2.45, 2.75) is 38.7 Å². The Morgan fingerprint density at radius 1 is 1.15 bits per heavy atom. The first-order chi connectivity index (χ1) is 15.9. The molecule has 1 amide bonds. The number of piperidine rings is 1. The SMILES string of the molecule is COc1cccc(C(=O)N2CCC(C)(c3cc(N)nc(C)n3)CC2)c1OCc1ccccn1. The minimum absolute atomic E-state index is 0.0784. The van der Waals surface area contributed by atoms with Gasteiger partial charge in [0.05, 0.1) is 24.1 Å². The van der Waals surface area contributed by atoms with Crippen LogP contribution in [-0.2, 0) is 12.0 Å². The van der Waals surface area contributed by atoms with Gasteiger partial charge in [-0.1, -0.05) is 19.1 Å². The maximum Gasteiger partial charge on any atom is 0.257 e. The summed E-state index contributed by atoms with van der Waals surface area (Å²) in [5, 5.41) is 0. The van der Waals surface area contributed by atoms with Crippen molar-refractivity contribution < 1.29 is 14.3 Å². The van der Waals surface area contributed by atoms with E-state index < -0.39 is 0 Å². The molecule has 1 aliphatic heterocycles. The van der Waals surface area contributed by atoms with Gasteiger partial charge in [0.15, 0.2) is 11.5 Å². The number of hydrogen-bond donors (Lipinski definition) is 1. The van der Waals surface area contributed by atoms with Crippen LogP contribution in [0, 0.1) is 6.92 Å². The molecule has 8 heteroatoms. The molecule has 0 atom stereocenters. The smallest absolute Gasteiger partial charge is 0.257 e. The number of carbonyl (C=O) groups is 1. The van der Waals surface area contributed by atoms with Crippen molar-refractivity contribution in [3.63, 3.8) is 0 Å². The second kappa shape index (κ2) is 9.44. The van der Waals surface area contributed by atoms with Crippen molar-refractivity contribution in [2.75, 3.05) is 25.9 Å². The van der Waals surface area contributed by atoms with Crippen molar-refractivity contribution in [1.29, 1.82) is 0 Å². The molecule has 1 aromatic carbocycles. The van der Waals surface area contributed by atoms with Crippen LogP contribution < -0.4 is 15.2 Å². The van der Waals surface area contributed by atoms with Crippen molar-refractivity contribution in [2.24, 2.45) is 0 Å². The molecule has 0 saturated carbocycles. The fourth-order valence-electron chi connectivity index (χ4n) is 4.15. The van der Waals surface area contributed by atoms with Gasteiger partial charge in [0.2, 0.25) is 0 Å². The zero-order valence-electron chi connectivity index (χ0n) is 19.2. The number of aryl methyl sites for hydroxylation is 1. The highest BCUT2D eigenvalue weighted by Gasteiger charge is 2.36. The summed E-state index contributed by atoms with van der Waals surface area (Å²) in [6, 6.07) is 12.8. The minimum atomic E-state index is -0.161. The van der Waals surface area contributed by atoms with Gasteiger partial charge in [0.25, 0.3) is 5.91 Å². The predicted octanol–water partition coefficient (Wildman–Crippen LogP) is 3.54. The third-order valence-corrected chi connectivity index (χ3v) is 6.15. The Hall–Kier alpha value is -3.68. The Labute approximate surface area is 193 Å². The molecule has 2 N–H and O–H groups in total. The number of hydrogen-bond acceptors (Lipinski definition) is 7. The number of nitrogens with zero attached hydrogens (tertiary/aromatic N) is 4. The standard InChI is InChI=1S/C25H29N5O3/c1-17-28-21(15-22(26)29-17)25(2)10-13-30(14-11-25)24(31)19-8-6-9-20(32-3)23(19)33-16-18-7-4-5-12-27-18/h4-9,12,15H,10-11,13-14,16H2,1-3H3,(H2,26,28,29). The lowest BCUT2D eigenvalue weighted by molar-refractivity contribution is 0.0668. The highest BCUT2D eigenvalue weighted by Crippen LogP contribution is 2.37. The summed E-state index contributed by atoms with van der Waals surface area (Å²) >= 11 is 0. The van der Waals surface area contributed by atoms with Crippen molar-refractivity contribution in [3.8, 4) is 11.5 Å². The molecule has 33 heavy (non-hydrogen) atoms. The number of aromatic nitrogens is 3. The first kappa shape index (κ1) is 22.5. The number of ether oxygens (including phenoxy) is 2. The van der Waals surface area contributed by atoms with E-state index in [4.69, 9.17) is 15.2 Å². The summed E-state index contributed by atoms with van der Waals surface area (Å²) < 4.78 is 11.5. The number of carbonyl (C=O) groups excluding carboxylic acids is 1. The Morgan fingerprint density at radius 3 is 2.61 bits per heavy atom. The molecule has 8 nitrogen and oxygen atoms in total. The second-order valence-corrected chi connectivity index (χ2v) is 8.52. The molecule has 1 aliphatic rings. The average molecular weight is 448 g/mol. The van der Waals surface area contributed by atoms with Crippen LogP contribution in [0.3, 0.4) is 0 Å². The fraction of sp³-hybridized carbons (Fsp3) is 0.360. The molecule has 3 aromatic rings. The average Bonchev–Trinajstić information content (AvgIpc) is 2.82. The van der Waals surface area contributed by atoms with E-state index in [2.05, 4.69) is 21.9 Å². The predicted molar refractivity (Wildman–Crippen MR) is 125 cm³/mol. The quantitative estimate of drug-likeness (QED) is 0.616. The van der Waals surface area contributed by atoms with Gasteiger partial charge in [-0.15, -0.1) is 0 Å². The Bertz CT molecular complexity index is 1110. The zero-order valence-corrected chi connectivity index (χ0v) is 19.2. The van der Waals surface area contributed by atoms with Gasteiger partial charge in [-0.3, -0.25) is 9.78 Å². The molecule has 0 radical (unpaired) electrons. The van der Waals surface area contributed by atoms with E-state index in [0.29, 0.717) is 41.8 Å². The van der Waals surface area contributed by atoms with Crippen LogP contribution in [0.2, 0.25) is 0 Å². The van der Waals surface area contributed by atoms with E-state index in [9.17, 15) is 4.79 Å². The van der Waals surface area contributed by atoms with E-state index in [-0.39, 0.29) is 17.9 Å². The minimum Gasteiger partial charge on any atom is -0.493 e. The van der Waals surface area contributed by atoms with Crippen LogP contribution in [0.5, 0.6) is 11.5 Å². The molecule has 1 fully saturated rings. The number of nitrogen functional groups attached to an aromatic ring is 1. The van der Waals surface area contributed by atoms with E-state index in [1.54, 1.807) is 31.5 Å². The molecular formula is C25H29N5O3. The van der Waals surface area contributed by atoms with Gasteiger partial charge in [0, 0.05) is 30.8 Å². The summed E-state index contributed by atoms with van der Waals surface area (Å²) in [4.78, 5) is 28.4. The summed E-state index contributed by atoms with van der Waals surface area (Å²) in [7, 11) is 1.57. The molecule has 0 unspecified atom stereocenters. The van der Waals surface area contributed by atoms with E-state index in [0.717, 1.165) is 24.2 Å². The lowest BCUT2D eigenvalue weighted by Gasteiger charge is -2.39. The van der Waals surface area contributed by atoms with Gasteiger partial charge < -0.3 is 20.1 Å². The second-order valence-electron chi connectivity index (χ2n) is 8.52. The third-order valence-electron chi connectivity index (χ3n) is 6.15. The molecule has 1 saturated heterocycles. The number of para-hydroxylation sites is 1. The first-order valence-electron chi connectivity index (χ1n) is 11.0. The van der Waals surface area contributed by atoms with Crippen LogP contribution in [-0.4, -0.2) is 46.0 Å². The molecule has 0 spiro atoms. The summed E-state index contributed by atoms with van der Waals surface area (Å²) in [6.07, 6.45) is 3.27. The summed E-state index contributed by atoms with van der Waals surface area (Å²) in [5.74, 6) is 2.01. The largest absolute Gasteiger partial charge is 0.493 e. The van der Waals surface area contributed by atoms with Gasteiger partial charge in [0.1, 0.15) is 18.2 Å². The Kier molecular flexibility index (Phi) is 6.44. The zero-order chi connectivity index (χ0) is 23.4. The van der Waals surface area contributed by atoms with Gasteiger partial charge in [-0.05, 0) is 44.0 Å². The third kappa shape index (κ3) is 4.89. The monoisotopic (exact) mass is 447 g/mol. The number of benzene rings is 1. The van der Waals surface area contributed by atoms with Crippen LogP contribution in [0.4, 0.5) is 5.82 Å². The van der Waals surface area contributed by atoms with Gasteiger partial charge in [-0.2, -0.15) is 0 Å². The van der Waals surface area contributed by atoms with Crippen LogP contribution in [0.25, 0.3) is 0 Å². The molecule has 4 rings (SSSR count). The molecule has 0 bridgehead atoms. The molecular weight excluding hydrogens is 418 g/mol. The lowest BCUT2D eigenvalue weighted by Crippen LogP contribution is -2.44. The lowest BCUT2D eigenvalue weighted by atomic mass is 9.77. The van der Waals surface area contributed by atoms with Crippen LogP contribution in [0.15, 0.2) is 48.7 Å². The number of amides is 1. The van der Waals surface area contributed by atoms with Crippen molar-refractivity contribution in [1.82, 2.24) is 19.9 Å². The van der Waals surface area contributed by atoms with E-state index in [1.807, 2.05) is 36.1 Å².